The van der Waals surface area contributed by atoms with Crippen LogP contribution in [-0.2, 0) is 6.42 Å². The third-order valence-corrected chi connectivity index (χ3v) is 4.87. The molecule has 2 aromatic rings. The van der Waals surface area contributed by atoms with E-state index in [9.17, 15) is 10.2 Å². The highest BCUT2D eigenvalue weighted by molar-refractivity contribution is 9.10. The molecule has 110 valence electrons. The van der Waals surface area contributed by atoms with E-state index >= 15 is 0 Å². The lowest BCUT2D eigenvalue weighted by Crippen LogP contribution is -2.24. The van der Waals surface area contributed by atoms with Gasteiger partial charge < -0.3 is 15.1 Å². The van der Waals surface area contributed by atoms with Crippen molar-refractivity contribution in [2.24, 2.45) is 0 Å². The second-order valence-electron chi connectivity index (χ2n) is 5.63. The molecular weight excluding hydrogens is 330 g/mol. The van der Waals surface area contributed by atoms with Crippen molar-refractivity contribution < 1.29 is 10.2 Å². The van der Waals surface area contributed by atoms with E-state index in [0.29, 0.717) is 0 Å². The highest BCUT2D eigenvalue weighted by Gasteiger charge is 2.25. The first-order valence-electron chi connectivity index (χ1n) is 7.04. The van der Waals surface area contributed by atoms with Gasteiger partial charge in [-0.2, -0.15) is 0 Å². The minimum Gasteiger partial charge on any atom is -0.504 e. The van der Waals surface area contributed by atoms with Crippen molar-refractivity contribution in [2.75, 3.05) is 20.1 Å². The van der Waals surface area contributed by atoms with Crippen LogP contribution in [0.25, 0.3) is 0 Å². The number of benzene rings is 2. The topological polar surface area (TPSA) is 43.7 Å². The number of nitrogens with zero attached hydrogens (tertiary/aromatic N) is 1. The lowest BCUT2D eigenvalue weighted by molar-refractivity contribution is 0.337. The Morgan fingerprint density at radius 2 is 1.81 bits per heavy atom. The molecule has 2 aromatic carbocycles. The van der Waals surface area contributed by atoms with Crippen LogP contribution in [0.3, 0.4) is 0 Å². The van der Waals surface area contributed by atoms with Crippen LogP contribution in [0.2, 0.25) is 0 Å². The third kappa shape index (κ3) is 2.78. The molecule has 0 aromatic heterocycles. The molecule has 1 unspecified atom stereocenters. The zero-order valence-corrected chi connectivity index (χ0v) is 13.5. The fourth-order valence-electron chi connectivity index (χ4n) is 3.01. The maximum absolute atomic E-state index is 9.89. The van der Waals surface area contributed by atoms with Gasteiger partial charge in [0.05, 0.1) is 0 Å². The summed E-state index contributed by atoms with van der Waals surface area (Å²) in [6.45, 7) is 1.83. The summed E-state index contributed by atoms with van der Waals surface area (Å²) >= 11 is 3.63. The van der Waals surface area contributed by atoms with E-state index < -0.39 is 0 Å². The number of phenols is 2. The van der Waals surface area contributed by atoms with Gasteiger partial charge >= 0.3 is 0 Å². The molecule has 0 bridgehead atoms. The van der Waals surface area contributed by atoms with E-state index in [1.165, 1.54) is 5.56 Å². The second kappa shape index (κ2) is 5.70. The Hall–Kier alpha value is -1.52. The van der Waals surface area contributed by atoms with Gasteiger partial charge in [0.15, 0.2) is 11.5 Å². The minimum atomic E-state index is -0.0460. The minimum absolute atomic E-state index is 0.0378. The SMILES string of the molecule is CN1CCc2cc(O)c(O)cc2C(c2ccccc2Br)C1. The lowest BCUT2D eigenvalue weighted by Gasteiger charge is -2.23. The van der Waals surface area contributed by atoms with Crippen LogP contribution >= 0.6 is 15.9 Å². The Balaban J connectivity index is 2.16. The molecule has 3 nitrogen and oxygen atoms in total. The van der Waals surface area contributed by atoms with E-state index in [4.69, 9.17) is 0 Å². The fraction of sp³-hybridized carbons (Fsp3) is 0.294. The van der Waals surface area contributed by atoms with Gasteiger partial charge in [-0.3, -0.25) is 0 Å². The first-order valence-corrected chi connectivity index (χ1v) is 7.83. The van der Waals surface area contributed by atoms with Crippen LogP contribution in [0.15, 0.2) is 40.9 Å². The number of likely N-dealkylation sites (N-methyl/N-ethyl adjacent to an activating group) is 1. The number of halogens is 1. The van der Waals surface area contributed by atoms with Gasteiger partial charge in [-0.1, -0.05) is 34.1 Å². The van der Waals surface area contributed by atoms with Gasteiger partial charge in [0, 0.05) is 23.5 Å². The van der Waals surface area contributed by atoms with E-state index in [1.807, 2.05) is 18.2 Å². The highest BCUT2D eigenvalue weighted by atomic mass is 79.9. The zero-order valence-electron chi connectivity index (χ0n) is 11.9. The van der Waals surface area contributed by atoms with E-state index in [0.717, 1.165) is 35.1 Å². The summed E-state index contributed by atoms with van der Waals surface area (Å²) in [6.07, 6.45) is 0.876. The van der Waals surface area contributed by atoms with Crippen LogP contribution in [0.5, 0.6) is 11.5 Å². The maximum Gasteiger partial charge on any atom is 0.157 e. The first-order chi connectivity index (χ1) is 10.1. The number of fused-ring (bicyclic) bond motifs is 1. The van der Waals surface area contributed by atoms with Crippen molar-refractivity contribution in [1.29, 1.82) is 0 Å². The van der Waals surface area contributed by atoms with Gasteiger partial charge in [0.1, 0.15) is 0 Å². The Labute approximate surface area is 133 Å². The molecule has 0 radical (unpaired) electrons. The lowest BCUT2D eigenvalue weighted by atomic mass is 9.87. The van der Waals surface area contributed by atoms with Gasteiger partial charge in [-0.05, 0) is 48.4 Å². The van der Waals surface area contributed by atoms with Crippen molar-refractivity contribution in [1.82, 2.24) is 4.90 Å². The highest BCUT2D eigenvalue weighted by Crippen LogP contribution is 2.39. The molecule has 3 rings (SSSR count). The Morgan fingerprint density at radius 3 is 2.57 bits per heavy atom. The summed E-state index contributed by atoms with van der Waals surface area (Å²) in [6, 6.07) is 11.6. The Bertz CT molecular complexity index is 672. The molecule has 2 N–H and O–H groups in total. The first kappa shape index (κ1) is 14.4. The average Bonchev–Trinajstić information content (AvgIpc) is 2.61. The molecule has 4 heteroatoms. The molecule has 0 saturated heterocycles. The molecular formula is C17H18BrNO2. The van der Waals surface area contributed by atoms with Crippen molar-refractivity contribution in [3.05, 3.63) is 57.6 Å². The summed E-state index contributed by atoms with van der Waals surface area (Å²) < 4.78 is 1.07. The average molecular weight is 348 g/mol. The molecule has 0 amide bonds. The number of rotatable bonds is 1. The monoisotopic (exact) mass is 347 g/mol. The van der Waals surface area contributed by atoms with E-state index in [1.54, 1.807) is 12.1 Å². The standard InChI is InChI=1S/C17H18BrNO2/c1-19-7-6-11-8-16(20)17(21)9-13(11)14(10-19)12-4-2-3-5-15(12)18/h2-5,8-9,14,20-21H,6-7,10H2,1H3. The molecule has 1 atom stereocenters. The van der Waals surface area contributed by atoms with Crippen LogP contribution in [0.4, 0.5) is 0 Å². The normalized spacial score (nSPS) is 19.0. The molecule has 0 saturated carbocycles. The van der Waals surface area contributed by atoms with Gasteiger partial charge in [-0.15, -0.1) is 0 Å². The fourth-order valence-corrected chi connectivity index (χ4v) is 3.57. The largest absolute Gasteiger partial charge is 0.504 e. The summed E-state index contributed by atoms with van der Waals surface area (Å²) in [4.78, 5) is 2.29. The van der Waals surface area contributed by atoms with E-state index in [2.05, 4.69) is 33.9 Å². The molecule has 1 aliphatic rings. The Morgan fingerprint density at radius 1 is 1.10 bits per heavy atom. The molecule has 1 heterocycles. The van der Waals surface area contributed by atoms with Crippen molar-refractivity contribution >= 4 is 15.9 Å². The Kier molecular flexibility index (Phi) is 3.91. The van der Waals surface area contributed by atoms with Gasteiger partial charge in [0.2, 0.25) is 0 Å². The van der Waals surface area contributed by atoms with Crippen molar-refractivity contribution in [2.45, 2.75) is 12.3 Å². The van der Waals surface area contributed by atoms with Crippen LogP contribution in [-0.4, -0.2) is 35.3 Å². The zero-order chi connectivity index (χ0) is 15.0. The van der Waals surface area contributed by atoms with E-state index in [-0.39, 0.29) is 17.4 Å². The molecule has 0 spiro atoms. The molecule has 1 aliphatic heterocycles. The molecule has 21 heavy (non-hydrogen) atoms. The summed E-state index contributed by atoms with van der Waals surface area (Å²) in [5.41, 5.74) is 3.41. The predicted molar refractivity (Wildman–Crippen MR) is 87.0 cm³/mol. The van der Waals surface area contributed by atoms with Crippen LogP contribution < -0.4 is 0 Å². The number of phenolic OH excluding ortho intramolecular Hbond substituents is 2. The summed E-state index contributed by atoms with van der Waals surface area (Å²) in [5, 5.41) is 19.7. The summed E-state index contributed by atoms with van der Waals surface area (Å²) in [5.74, 6) is 0.0918. The molecule has 0 fully saturated rings. The quantitative estimate of drug-likeness (QED) is 0.776. The van der Waals surface area contributed by atoms with Crippen LogP contribution in [0.1, 0.15) is 22.6 Å². The van der Waals surface area contributed by atoms with Crippen molar-refractivity contribution in [3.63, 3.8) is 0 Å². The number of hydrogen-bond acceptors (Lipinski definition) is 3. The number of aromatic hydroxyl groups is 2. The smallest absolute Gasteiger partial charge is 0.157 e. The predicted octanol–water partition coefficient (Wildman–Crippen LogP) is 3.48. The summed E-state index contributed by atoms with van der Waals surface area (Å²) in [7, 11) is 2.11. The number of hydrogen-bond donors (Lipinski definition) is 2. The third-order valence-electron chi connectivity index (χ3n) is 4.15. The van der Waals surface area contributed by atoms with Gasteiger partial charge in [0.25, 0.3) is 0 Å². The van der Waals surface area contributed by atoms with Crippen LogP contribution in [0, 0.1) is 0 Å². The van der Waals surface area contributed by atoms with Gasteiger partial charge in [-0.25, -0.2) is 0 Å². The maximum atomic E-state index is 9.89. The second-order valence-corrected chi connectivity index (χ2v) is 6.48. The van der Waals surface area contributed by atoms with Crippen molar-refractivity contribution in [3.8, 4) is 11.5 Å². The molecule has 0 aliphatic carbocycles.